The molecule has 1 rings (SSSR count). The second kappa shape index (κ2) is 6.44. The molecule has 0 radical (unpaired) electrons. The van der Waals surface area contributed by atoms with Crippen molar-refractivity contribution in [3.05, 3.63) is 0 Å². The van der Waals surface area contributed by atoms with Crippen LogP contribution in [0.1, 0.15) is 13.3 Å². The molecule has 0 saturated carbocycles. The molecule has 1 fully saturated rings. The van der Waals surface area contributed by atoms with E-state index in [0.717, 1.165) is 19.5 Å². The quantitative estimate of drug-likeness (QED) is 0.604. The van der Waals surface area contributed by atoms with Crippen LogP contribution in [0.2, 0.25) is 0 Å². The molecule has 0 spiro atoms. The minimum Gasteiger partial charge on any atom is -0.368 e. The minimum absolute atomic E-state index is 0.412. The molecule has 3 N–H and O–H groups in total. The van der Waals surface area contributed by atoms with Gasteiger partial charge in [-0.3, -0.25) is 10.1 Å². The zero-order valence-electron chi connectivity index (χ0n) is 9.71. The standard InChI is InChI=1S/C10H19N3O3/c1-7(9(14)13-10(15)11-2)16-6-8-3-4-12-5-8/h7-8,12H,3-6H2,1-2H3,(H2,11,13,14,15). The van der Waals surface area contributed by atoms with Crippen molar-refractivity contribution in [3.8, 4) is 0 Å². The van der Waals surface area contributed by atoms with E-state index in [1.165, 1.54) is 7.05 Å². The number of imide groups is 1. The van der Waals surface area contributed by atoms with Crippen LogP contribution in [-0.4, -0.2) is 44.8 Å². The summed E-state index contributed by atoms with van der Waals surface area (Å²) in [6.45, 7) is 4.13. The smallest absolute Gasteiger partial charge is 0.321 e. The van der Waals surface area contributed by atoms with Crippen molar-refractivity contribution in [2.75, 3.05) is 26.7 Å². The molecule has 1 aliphatic rings. The van der Waals surface area contributed by atoms with Gasteiger partial charge in [0.25, 0.3) is 5.91 Å². The highest BCUT2D eigenvalue weighted by Crippen LogP contribution is 2.08. The van der Waals surface area contributed by atoms with Gasteiger partial charge < -0.3 is 15.4 Å². The summed E-state index contributed by atoms with van der Waals surface area (Å²) in [5.74, 6) is 0.0561. The van der Waals surface area contributed by atoms with E-state index in [-0.39, 0.29) is 0 Å². The first-order valence-electron chi connectivity index (χ1n) is 5.48. The molecule has 1 saturated heterocycles. The van der Waals surface area contributed by atoms with Gasteiger partial charge in [0, 0.05) is 13.6 Å². The van der Waals surface area contributed by atoms with Crippen LogP contribution in [0.4, 0.5) is 4.79 Å². The molecule has 6 heteroatoms. The average Bonchev–Trinajstić information content (AvgIpc) is 2.78. The number of carbonyl (C=O) groups is 2. The Morgan fingerprint density at radius 2 is 2.31 bits per heavy atom. The minimum atomic E-state index is -0.599. The van der Waals surface area contributed by atoms with Crippen LogP contribution in [0.3, 0.4) is 0 Å². The summed E-state index contributed by atoms with van der Waals surface area (Å²) in [6.07, 6.45) is 0.474. The van der Waals surface area contributed by atoms with Gasteiger partial charge in [-0.15, -0.1) is 0 Å². The SMILES string of the molecule is CNC(=O)NC(=O)C(C)OCC1CCNC1. The van der Waals surface area contributed by atoms with Crippen LogP contribution >= 0.6 is 0 Å². The number of carbonyl (C=O) groups excluding carboxylic acids is 2. The van der Waals surface area contributed by atoms with E-state index in [4.69, 9.17) is 4.74 Å². The summed E-state index contributed by atoms with van der Waals surface area (Å²) >= 11 is 0. The molecule has 16 heavy (non-hydrogen) atoms. The second-order valence-electron chi connectivity index (χ2n) is 3.90. The van der Waals surface area contributed by atoms with Gasteiger partial charge in [-0.1, -0.05) is 0 Å². The highest BCUT2D eigenvalue weighted by molar-refractivity contribution is 5.96. The van der Waals surface area contributed by atoms with Crippen LogP contribution in [0.5, 0.6) is 0 Å². The molecular formula is C10H19N3O3. The van der Waals surface area contributed by atoms with Gasteiger partial charge in [-0.05, 0) is 25.8 Å². The van der Waals surface area contributed by atoms with Crippen molar-refractivity contribution >= 4 is 11.9 Å². The van der Waals surface area contributed by atoms with Crippen LogP contribution < -0.4 is 16.0 Å². The Labute approximate surface area is 95.1 Å². The predicted octanol–water partition coefficient (Wildman–Crippen LogP) is -0.543. The van der Waals surface area contributed by atoms with Crippen molar-refractivity contribution in [2.24, 2.45) is 5.92 Å². The maximum Gasteiger partial charge on any atom is 0.321 e. The lowest BCUT2D eigenvalue weighted by molar-refractivity contribution is -0.131. The second-order valence-corrected chi connectivity index (χ2v) is 3.90. The van der Waals surface area contributed by atoms with Crippen LogP contribution in [0, 0.1) is 5.92 Å². The van der Waals surface area contributed by atoms with E-state index < -0.39 is 18.0 Å². The summed E-state index contributed by atoms with van der Waals surface area (Å²) in [4.78, 5) is 22.3. The van der Waals surface area contributed by atoms with Crippen molar-refractivity contribution in [2.45, 2.75) is 19.4 Å². The van der Waals surface area contributed by atoms with Gasteiger partial charge in [0.05, 0.1) is 6.61 Å². The number of amides is 3. The molecule has 0 aromatic rings. The summed E-state index contributed by atoms with van der Waals surface area (Å²) in [5, 5.41) is 7.71. The van der Waals surface area contributed by atoms with Gasteiger partial charge in [0.2, 0.25) is 0 Å². The molecule has 2 atom stereocenters. The number of hydrogen-bond donors (Lipinski definition) is 3. The molecule has 1 aliphatic heterocycles. The Kier molecular flexibility index (Phi) is 5.21. The summed E-state index contributed by atoms with van der Waals surface area (Å²) < 4.78 is 5.40. The van der Waals surface area contributed by atoms with Gasteiger partial charge in [-0.2, -0.15) is 0 Å². The first-order chi connectivity index (χ1) is 7.63. The number of ether oxygens (including phenoxy) is 1. The fourth-order valence-electron chi connectivity index (χ4n) is 1.49. The third kappa shape index (κ3) is 4.16. The maximum atomic E-state index is 11.4. The lowest BCUT2D eigenvalue weighted by Gasteiger charge is -2.15. The molecule has 92 valence electrons. The van der Waals surface area contributed by atoms with E-state index in [0.29, 0.717) is 12.5 Å². The third-order valence-electron chi connectivity index (χ3n) is 2.58. The highest BCUT2D eigenvalue weighted by atomic mass is 16.5. The Morgan fingerprint density at radius 3 is 2.88 bits per heavy atom. The molecule has 3 amide bonds. The van der Waals surface area contributed by atoms with E-state index in [1.807, 2.05) is 0 Å². The summed E-state index contributed by atoms with van der Waals surface area (Å²) in [7, 11) is 1.46. The largest absolute Gasteiger partial charge is 0.368 e. The first kappa shape index (κ1) is 12.9. The molecule has 0 aromatic carbocycles. The lowest BCUT2D eigenvalue weighted by Crippen LogP contribution is -2.43. The zero-order chi connectivity index (χ0) is 12.0. The molecule has 0 bridgehead atoms. The average molecular weight is 229 g/mol. The van der Waals surface area contributed by atoms with Crippen LogP contribution in [-0.2, 0) is 9.53 Å². The van der Waals surface area contributed by atoms with Crippen molar-refractivity contribution in [1.29, 1.82) is 0 Å². The van der Waals surface area contributed by atoms with Crippen molar-refractivity contribution in [1.82, 2.24) is 16.0 Å². The highest BCUT2D eigenvalue weighted by Gasteiger charge is 2.19. The van der Waals surface area contributed by atoms with Gasteiger partial charge >= 0.3 is 6.03 Å². The zero-order valence-corrected chi connectivity index (χ0v) is 9.71. The maximum absolute atomic E-state index is 11.4. The molecule has 0 aliphatic carbocycles. The number of hydrogen-bond acceptors (Lipinski definition) is 4. The summed E-state index contributed by atoms with van der Waals surface area (Å²) in [6, 6.07) is -0.511. The van der Waals surface area contributed by atoms with E-state index in [9.17, 15) is 9.59 Å². The fraction of sp³-hybridized carbons (Fsp3) is 0.800. The molecule has 1 heterocycles. The van der Waals surface area contributed by atoms with Gasteiger partial charge in [0.1, 0.15) is 6.10 Å². The number of urea groups is 1. The Morgan fingerprint density at radius 1 is 1.56 bits per heavy atom. The Bertz CT molecular complexity index is 252. The predicted molar refractivity (Wildman–Crippen MR) is 59.0 cm³/mol. The van der Waals surface area contributed by atoms with E-state index >= 15 is 0 Å². The Hall–Kier alpha value is -1.14. The summed E-state index contributed by atoms with van der Waals surface area (Å²) in [5.41, 5.74) is 0. The molecular weight excluding hydrogens is 210 g/mol. The van der Waals surface area contributed by atoms with Gasteiger partial charge in [-0.25, -0.2) is 4.79 Å². The molecule has 0 aromatic heterocycles. The normalized spacial score (nSPS) is 21.5. The van der Waals surface area contributed by atoms with E-state index in [1.54, 1.807) is 6.92 Å². The number of nitrogens with one attached hydrogen (secondary N) is 3. The fourth-order valence-corrected chi connectivity index (χ4v) is 1.49. The lowest BCUT2D eigenvalue weighted by atomic mass is 10.1. The van der Waals surface area contributed by atoms with Crippen molar-refractivity contribution < 1.29 is 14.3 Å². The van der Waals surface area contributed by atoms with Crippen molar-refractivity contribution in [3.63, 3.8) is 0 Å². The van der Waals surface area contributed by atoms with E-state index in [2.05, 4.69) is 16.0 Å². The van der Waals surface area contributed by atoms with Gasteiger partial charge in [0.15, 0.2) is 0 Å². The monoisotopic (exact) mass is 229 g/mol. The van der Waals surface area contributed by atoms with Crippen LogP contribution in [0.15, 0.2) is 0 Å². The topological polar surface area (TPSA) is 79.5 Å². The first-order valence-corrected chi connectivity index (χ1v) is 5.48. The molecule has 2 unspecified atom stereocenters. The third-order valence-corrected chi connectivity index (χ3v) is 2.58. The molecule has 6 nitrogen and oxygen atoms in total. The Balaban J connectivity index is 2.20. The number of rotatable bonds is 4. The van der Waals surface area contributed by atoms with Crippen LogP contribution in [0.25, 0.3) is 0 Å².